The second-order valence-corrected chi connectivity index (χ2v) is 7.22. The lowest BCUT2D eigenvalue weighted by Crippen LogP contribution is -2.40. The highest BCUT2D eigenvalue weighted by Crippen LogP contribution is 2.15. The fourth-order valence-electron chi connectivity index (χ4n) is 2.31. The maximum atomic E-state index is 12.4. The van der Waals surface area contributed by atoms with Crippen LogP contribution in [0.15, 0.2) is 48.5 Å². The van der Waals surface area contributed by atoms with Crippen molar-refractivity contribution in [3.8, 4) is 0 Å². The number of rotatable bonds is 5. The van der Waals surface area contributed by atoms with E-state index in [0.717, 1.165) is 0 Å². The van der Waals surface area contributed by atoms with Gasteiger partial charge < -0.3 is 16.0 Å². The number of hydrogen-bond donors (Lipinski definition) is 3. The number of nitrogens with one attached hydrogen (secondary N) is 3. The quantitative estimate of drug-likeness (QED) is 0.751. The molecule has 142 valence electrons. The molecule has 0 unspecified atom stereocenters. The fourth-order valence-corrected chi connectivity index (χ4v) is 2.31. The SMILES string of the molecule is CCC(=O)Nc1cccc(C(=O)Nc2ccc(C(=O)NC(C)(C)C)cc2)c1. The summed E-state index contributed by atoms with van der Waals surface area (Å²) in [6, 6.07) is 13.4. The molecule has 0 fully saturated rings. The van der Waals surface area contributed by atoms with Gasteiger partial charge in [0.15, 0.2) is 0 Å². The molecule has 0 saturated heterocycles. The average Bonchev–Trinajstić information content (AvgIpc) is 2.61. The molecule has 0 saturated carbocycles. The van der Waals surface area contributed by atoms with Crippen molar-refractivity contribution in [2.75, 3.05) is 10.6 Å². The normalized spacial score (nSPS) is 10.8. The third-order valence-electron chi connectivity index (χ3n) is 3.62. The molecule has 27 heavy (non-hydrogen) atoms. The Morgan fingerprint density at radius 3 is 2.07 bits per heavy atom. The van der Waals surface area contributed by atoms with Crippen molar-refractivity contribution < 1.29 is 14.4 Å². The largest absolute Gasteiger partial charge is 0.347 e. The summed E-state index contributed by atoms with van der Waals surface area (Å²) < 4.78 is 0. The van der Waals surface area contributed by atoms with E-state index in [1.165, 1.54) is 0 Å². The van der Waals surface area contributed by atoms with Gasteiger partial charge in [0.25, 0.3) is 11.8 Å². The summed E-state index contributed by atoms with van der Waals surface area (Å²) >= 11 is 0. The Balaban J connectivity index is 2.05. The minimum atomic E-state index is -0.317. The fraction of sp³-hybridized carbons (Fsp3) is 0.286. The maximum absolute atomic E-state index is 12.4. The summed E-state index contributed by atoms with van der Waals surface area (Å²) in [7, 11) is 0. The first kappa shape index (κ1) is 20.2. The molecule has 2 aromatic rings. The van der Waals surface area contributed by atoms with Gasteiger partial charge in [-0.15, -0.1) is 0 Å². The van der Waals surface area contributed by atoms with Gasteiger partial charge in [-0.25, -0.2) is 0 Å². The standard InChI is InChI=1S/C21H25N3O3/c1-5-18(25)22-17-8-6-7-15(13-17)19(26)23-16-11-9-14(10-12-16)20(27)24-21(2,3)4/h6-13H,5H2,1-4H3,(H,22,25)(H,23,26)(H,24,27). The van der Waals surface area contributed by atoms with Gasteiger partial charge in [0, 0.05) is 34.5 Å². The highest BCUT2D eigenvalue weighted by Gasteiger charge is 2.15. The Hall–Kier alpha value is -3.15. The maximum Gasteiger partial charge on any atom is 0.255 e. The van der Waals surface area contributed by atoms with Gasteiger partial charge in [0.1, 0.15) is 0 Å². The van der Waals surface area contributed by atoms with E-state index in [2.05, 4.69) is 16.0 Å². The zero-order valence-electron chi connectivity index (χ0n) is 16.1. The van der Waals surface area contributed by atoms with Gasteiger partial charge in [0.2, 0.25) is 5.91 Å². The van der Waals surface area contributed by atoms with Crippen LogP contribution < -0.4 is 16.0 Å². The van der Waals surface area contributed by atoms with E-state index in [1.807, 2.05) is 20.8 Å². The lowest BCUT2D eigenvalue weighted by molar-refractivity contribution is -0.115. The van der Waals surface area contributed by atoms with Crippen LogP contribution in [-0.2, 0) is 4.79 Å². The minimum absolute atomic E-state index is 0.114. The lowest BCUT2D eigenvalue weighted by Gasteiger charge is -2.20. The molecule has 0 spiro atoms. The smallest absolute Gasteiger partial charge is 0.255 e. The van der Waals surface area contributed by atoms with Crippen molar-refractivity contribution in [3.63, 3.8) is 0 Å². The number of anilines is 2. The number of carbonyl (C=O) groups excluding carboxylic acids is 3. The van der Waals surface area contributed by atoms with Gasteiger partial charge in [-0.3, -0.25) is 14.4 Å². The molecule has 0 aliphatic rings. The summed E-state index contributed by atoms with van der Waals surface area (Å²) in [6.45, 7) is 7.50. The van der Waals surface area contributed by atoms with Gasteiger partial charge in [-0.1, -0.05) is 13.0 Å². The number of carbonyl (C=O) groups is 3. The highest BCUT2D eigenvalue weighted by atomic mass is 16.2. The second kappa shape index (κ2) is 8.49. The Morgan fingerprint density at radius 1 is 0.815 bits per heavy atom. The van der Waals surface area contributed by atoms with Crippen LogP contribution in [0.4, 0.5) is 11.4 Å². The second-order valence-electron chi connectivity index (χ2n) is 7.22. The Bertz CT molecular complexity index is 836. The molecule has 2 rings (SSSR count). The summed E-state index contributed by atoms with van der Waals surface area (Å²) in [5.41, 5.74) is 1.78. The van der Waals surface area contributed by atoms with Crippen molar-refractivity contribution >= 4 is 29.1 Å². The van der Waals surface area contributed by atoms with Crippen LogP contribution in [0.2, 0.25) is 0 Å². The van der Waals surface area contributed by atoms with E-state index in [1.54, 1.807) is 55.5 Å². The third kappa shape index (κ3) is 6.26. The molecule has 0 radical (unpaired) electrons. The van der Waals surface area contributed by atoms with Crippen molar-refractivity contribution in [1.29, 1.82) is 0 Å². The van der Waals surface area contributed by atoms with Crippen LogP contribution in [0.25, 0.3) is 0 Å². The molecule has 3 N–H and O–H groups in total. The van der Waals surface area contributed by atoms with Crippen molar-refractivity contribution in [1.82, 2.24) is 5.32 Å². The van der Waals surface area contributed by atoms with Gasteiger partial charge in [0.05, 0.1) is 0 Å². The number of benzene rings is 2. The molecular weight excluding hydrogens is 342 g/mol. The monoisotopic (exact) mass is 367 g/mol. The van der Waals surface area contributed by atoms with Crippen LogP contribution >= 0.6 is 0 Å². The van der Waals surface area contributed by atoms with Gasteiger partial charge in [-0.05, 0) is 63.2 Å². The molecule has 6 heteroatoms. The van der Waals surface area contributed by atoms with E-state index < -0.39 is 0 Å². The molecule has 2 aromatic carbocycles. The molecule has 0 aromatic heterocycles. The molecule has 0 aliphatic carbocycles. The van der Waals surface area contributed by atoms with Crippen LogP contribution in [0, 0.1) is 0 Å². The van der Waals surface area contributed by atoms with Crippen LogP contribution in [0.1, 0.15) is 54.8 Å². The Morgan fingerprint density at radius 2 is 1.48 bits per heavy atom. The molecule has 6 nitrogen and oxygen atoms in total. The first-order valence-electron chi connectivity index (χ1n) is 8.82. The third-order valence-corrected chi connectivity index (χ3v) is 3.62. The molecule has 0 bridgehead atoms. The van der Waals surface area contributed by atoms with E-state index in [9.17, 15) is 14.4 Å². The van der Waals surface area contributed by atoms with Crippen LogP contribution in [0.3, 0.4) is 0 Å². The van der Waals surface area contributed by atoms with E-state index in [-0.39, 0.29) is 23.3 Å². The lowest BCUT2D eigenvalue weighted by atomic mass is 10.1. The molecule has 0 aliphatic heterocycles. The predicted molar refractivity (Wildman–Crippen MR) is 107 cm³/mol. The summed E-state index contributed by atoms with van der Waals surface area (Å²) in [5, 5.41) is 8.40. The van der Waals surface area contributed by atoms with Crippen LogP contribution in [0.5, 0.6) is 0 Å². The van der Waals surface area contributed by atoms with E-state index >= 15 is 0 Å². The summed E-state index contributed by atoms with van der Waals surface area (Å²) in [6.07, 6.45) is 0.367. The zero-order chi connectivity index (χ0) is 20.0. The average molecular weight is 367 g/mol. The Kier molecular flexibility index (Phi) is 6.34. The van der Waals surface area contributed by atoms with Crippen molar-refractivity contribution in [3.05, 3.63) is 59.7 Å². The van der Waals surface area contributed by atoms with Gasteiger partial charge >= 0.3 is 0 Å². The number of hydrogen-bond acceptors (Lipinski definition) is 3. The topological polar surface area (TPSA) is 87.3 Å². The van der Waals surface area contributed by atoms with Crippen molar-refractivity contribution in [2.24, 2.45) is 0 Å². The molecule has 0 heterocycles. The first-order valence-corrected chi connectivity index (χ1v) is 8.82. The van der Waals surface area contributed by atoms with Crippen LogP contribution in [-0.4, -0.2) is 23.3 Å². The van der Waals surface area contributed by atoms with Gasteiger partial charge in [-0.2, -0.15) is 0 Å². The molecule has 0 atom stereocenters. The molecule has 3 amide bonds. The van der Waals surface area contributed by atoms with E-state index in [0.29, 0.717) is 28.9 Å². The van der Waals surface area contributed by atoms with Crippen molar-refractivity contribution in [2.45, 2.75) is 39.7 Å². The number of amides is 3. The zero-order valence-corrected chi connectivity index (χ0v) is 16.1. The van der Waals surface area contributed by atoms with E-state index in [4.69, 9.17) is 0 Å². The first-order chi connectivity index (χ1) is 12.7. The predicted octanol–water partition coefficient (Wildman–Crippen LogP) is 3.82. The summed E-state index contributed by atoms with van der Waals surface area (Å²) in [4.78, 5) is 36.0. The molecular formula is C21H25N3O3. The highest BCUT2D eigenvalue weighted by molar-refractivity contribution is 6.05. The minimum Gasteiger partial charge on any atom is -0.347 e. The Labute approximate surface area is 159 Å². The summed E-state index contributed by atoms with van der Waals surface area (Å²) in [5.74, 6) is -0.578.